The van der Waals surface area contributed by atoms with Gasteiger partial charge in [0.05, 0.1) is 16.3 Å². The third-order valence-corrected chi connectivity index (χ3v) is 5.13. The van der Waals surface area contributed by atoms with E-state index in [1.807, 2.05) is 18.2 Å². The molecule has 27 heavy (non-hydrogen) atoms. The molecule has 2 aromatic carbocycles. The summed E-state index contributed by atoms with van der Waals surface area (Å²) in [7, 11) is -3.82. The first kappa shape index (κ1) is 18.6. The predicted octanol–water partition coefficient (Wildman–Crippen LogP) is 3.66. The Morgan fingerprint density at radius 3 is 2.59 bits per heavy atom. The van der Waals surface area contributed by atoms with E-state index in [4.69, 9.17) is 4.74 Å². The van der Waals surface area contributed by atoms with E-state index in [9.17, 15) is 13.2 Å². The Morgan fingerprint density at radius 2 is 1.85 bits per heavy atom. The number of nitrogens with one attached hydrogen (secondary N) is 1. The Hall–Kier alpha value is -3.19. The van der Waals surface area contributed by atoms with Crippen molar-refractivity contribution in [2.45, 2.75) is 18.4 Å². The second-order valence-electron chi connectivity index (χ2n) is 5.83. The number of pyridine rings is 1. The van der Waals surface area contributed by atoms with Crippen LogP contribution in [0.5, 0.6) is 5.75 Å². The van der Waals surface area contributed by atoms with Crippen LogP contribution in [-0.2, 0) is 16.6 Å². The zero-order valence-corrected chi connectivity index (χ0v) is 15.4. The topological polar surface area (TPSA) is 85.4 Å². The molecule has 1 heterocycles. The van der Waals surface area contributed by atoms with Crippen molar-refractivity contribution in [2.75, 3.05) is 4.72 Å². The minimum absolute atomic E-state index is 0.0232. The Bertz CT molecular complexity index is 1050. The summed E-state index contributed by atoms with van der Waals surface area (Å²) in [5, 5.41) is 0. The van der Waals surface area contributed by atoms with Crippen LogP contribution in [-0.4, -0.2) is 19.2 Å². The molecule has 0 bridgehead atoms. The quantitative estimate of drug-likeness (QED) is 0.630. The fourth-order valence-electron chi connectivity index (χ4n) is 2.39. The van der Waals surface area contributed by atoms with Gasteiger partial charge >= 0.3 is 0 Å². The first-order valence-corrected chi connectivity index (χ1v) is 9.69. The number of ketones is 1. The van der Waals surface area contributed by atoms with Gasteiger partial charge in [-0.1, -0.05) is 24.3 Å². The third kappa shape index (κ3) is 4.92. The number of anilines is 1. The molecule has 0 unspecified atom stereocenters. The van der Waals surface area contributed by atoms with Crippen molar-refractivity contribution in [3.8, 4) is 5.75 Å². The van der Waals surface area contributed by atoms with Crippen molar-refractivity contribution >= 4 is 21.5 Å². The van der Waals surface area contributed by atoms with Gasteiger partial charge in [-0.05, 0) is 43.3 Å². The van der Waals surface area contributed by atoms with Crippen LogP contribution >= 0.6 is 0 Å². The molecule has 3 rings (SSSR count). The van der Waals surface area contributed by atoms with Gasteiger partial charge in [-0.25, -0.2) is 8.42 Å². The van der Waals surface area contributed by atoms with Crippen molar-refractivity contribution in [3.05, 3.63) is 84.2 Å². The van der Waals surface area contributed by atoms with Crippen LogP contribution in [0.15, 0.2) is 77.8 Å². The maximum atomic E-state index is 12.6. The average molecular weight is 382 g/mol. The van der Waals surface area contributed by atoms with Crippen LogP contribution in [0.1, 0.15) is 23.0 Å². The number of hydrogen-bond donors (Lipinski definition) is 1. The predicted molar refractivity (Wildman–Crippen MR) is 102 cm³/mol. The van der Waals surface area contributed by atoms with Crippen molar-refractivity contribution in [1.82, 2.24) is 4.98 Å². The molecule has 0 atom stereocenters. The van der Waals surface area contributed by atoms with Crippen molar-refractivity contribution in [3.63, 3.8) is 0 Å². The molecule has 3 aromatic rings. The van der Waals surface area contributed by atoms with Gasteiger partial charge < -0.3 is 4.74 Å². The second kappa shape index (κ2) is 8.01. The number of carbonyl (C=O) groups is 1. The molecule has 0 aliphatic rings. The SMILES string of the molecule is CC(=O)c1cccc(S(=O)(=O)Nc2cccc(OCc3ccccn3)c2)c1. The molecule has 1 aromatic heterocycles. The van der Waals surface area contributed by atoms with Gasteiger partial charge in [0, 0.05) is 17.8 Å². The normalized spacial score (nSPS) is 11.0. The highest BCUT2D eigenvalue weighted by Crippen LogP contribution is 2.22. The third-order valence-electron chi connectivity index (χ3n) is 3.75. The van der Waals surface area contributed by atoms with E-state index in [0.29, 0.717) is 17.0 Å². The highest BCUT2D eigenvalue weighted by molar-refractivity contribution is 7.92. The van der Waals surface area contributed by atoms with E-state index < -0.39 is 10.0 Å². The summed E-state index contributed by atoms with van der Waals surface area (Å²) in [6.45, 7) is 1.67. The number of ether oxygens (including phenoxy) is 1. The molecule has 0 saturated carbocycles. The molecule has 0 spiro atoms. The fourth-order valence-corrected chi connectivity index (χ4v) is 3.48. The molecule has 0 aliphatic carbocycles. The number of benzene rings is 2. The molecule has 0 aliphatic heterocycles. The van der Waals surface area contributed by atoms with Crippen molar-refractivity contribution in [1.29, 1.82) is 0 Å². The molecule has 0 saturated heterocycles. The van der Waals surface area contributed by atoms with E-state index in [1.54, 1.807) is 36.5 Å². The van der Waals surface area contributed by atoms with E-state index >= 15 is 0 Å². The lowest BCUT2D eigenvalue weighted by molar-refractivity contribution is 0.101. The molecule has 1 N–H and O–H groups in total. The molecule has 0 amide bonds. The highest BCUT2D eigenvalue weighted by atomic mass is 32.2. The molecule has 0 fully saturated rings. The number of hydrogen-bond acceptors (Lipinski definition) is 5. The Kier molecular flexibility index (Phi) is 5.52. The molecule has 138 valence electrons. The zero-order valence-electron chi connectivity index (χ0n) is 14.6. The van der Waals surface area contributed by atoms with Crippen molar-refractivity contribution < 1.29 is 17.9 Å². The van der Waals surface area contributed by atoms with Crippen LogP contribution < -0.4 is 9.46 Å². The number of sulfonamides is 1. The van der Waals surface area contributed by atoms with E-state index in [2.05, 4.69) is 9.71 Å². The molecular formula is C20H18N2O4S. The molecular weight excluding hydrogens is 364 g/mol. The standard InChI is InChI=1S/C20H18N2O4S/c1-15(23)16-6-4-10-20(12-16)27(24,25)22-17-8-5-9-19(13-17)26-14-18-7-2-3-11-21-18/h2-13,22H,14H2,1H3. The summed E-state index contributed by atoms with van der Waals surface area (Å²) in [5.74, 6) is 0.315. The molecule has 6 nitrogen and oxygen atoms in total. The first-order valence-electron chi connectivity index (χ1n) is 8.21. The average Bonchev–Trinajstić information content (AvgIpc) is 2.67. The summed E-state index contributed by atoms with van der Waals surface area (Å²) >= 11 is 0. The van der Waals surface area contributed by atoms with Gasteiger partial charge in [0.2, 0.25) is 0 Å². The maximum absolute atomic E-state index is 12.6. The minimum atomic E-state index is -3.82. The lowest BCUT2D eigenvalue weighted by Crippen LogP contribution is -2.13. The van der Waals surface area contributed by atoms with E-state index in [1.165, 1.54) is 25.1 Å². The summed E-state index contributed by atoms with van der Waals surface area (Å²) in [4.78, 5) is 15.7. The Morgan fingerprint density at radius 1 is 1.04 bits per heavy atom. The van der Waals surface area contributed by atoms with Crippen LogP contribution in [0.25, 0.3) is 0 Å². The van der Waals surface area contributed by atoms with Crippen LogP contribution in [0.4, 0.5) is 5.69 Å². The van der Waals surface area contributed by atoms with Crippen LogP contribution in [0.3, 0.4) is 0 Å². The highest BCUT2D eigenvalue weighted by Gasteiger charge is 2.16. The fraction of sp³-hybridized carbons (Fsp3) is 0.100. The first-order chi connectivity index (χ1) is 12.9. The van der Waals surface area contributed by atoms with Crippen LogP contribution in [0, 0.1) is 0 Å². The van der Waals surface area contributed by atoms with E-state index in [-0.39, 0.29) is 17.3 Å². The smallest absolute Gasteiger partial charge is 0.261 e. The van der Waals surface area contributed by atoms with Gasteiger partial charge in [-0.15, -0.1) is 0 Å². The minimum Gasteiger partial charge on any atom is -0.487 e. The van der Waals surface area contributed by atoms with Gasteiger partial charge in [0.1, 0.15) is 12.4 Å². The van der Waals surface area contributed by atoms with Gasteiger partial charge in [-0.2, -0.15) is 0 Å². The van der Waals surface area contributed by atoms with Gasteiger partial charge in [-0.3, -0.25) is 14.5 Å². The summed E-state index contributed by atoms with van der Waals surface area (Å²) in [6.07, 6.45) is 1.68. The number of rotatable bonds is 7. The van der Waals surface area contributed by atoms with Crippen LogP contribution in [0.2, 0.25) is 0 Å². The van der Waals surface area contributed by atoms with E-state index in [0.717, 1.165) is 5.69 Å². The Balaban J connectivity index is 1.75. The number of carbonyl (C=O) groups excluding carboxylic acids is 1. The monoisotopic (exact) mass is 382 g/mol. The molecule has 0 radical (unpaired) electrons. The number of aromatic nitrogens is 1. The maximum Gasteiger partial charge on any atom is 0.261 e. The lowest BCUT2D eigenvalue weighted by atomic mass is 10.2. The lowest BCUT2D eigenvalue weighted by Gasteiger charge is -2.11. The summed E-state index contributed by atoms with van der Waals surface area (Å²) < 4.78 is 33.4. The zero-order chi connectivity index (χ0) is 19.3. The van der Waals surface area contributed by atoms with Gasteiger partial charge in [0.25, 0.3) is 10.0 Å². The molecule has 7 heteroatoms. The summed E-state index contributed by atoms with van der Waals surface area (Å²) in [5.41, 5.74) is 1.47. The summed E-state index contributed by atoms with van der Waals surface area (Å²) in [6, 6.07) is 18.1. The van der Waals surface area contributed by atoms with Gasteiger partial charge in [0.15, 0.2) is 5.78 Å². The largest absolute Gasteiger partial charge is 0.487 e. The number of Topliss-reactive ketones (excluding diaryl/α,β-unsaturated/α-hetero) is 1. The number of nitrogens with zero attached hydrogens (tertiary/aromatic N) is 1. The second-order valence-corrected chi connectivity index (χ2v) is 7.51. The Labute approximate surface area is 157 Å². The van der Waals surface area contributed by atoms with Crippen molar-refractivity contribution in [2.24, 2.45) is 0 Å².